The second-order valence-corrected chi connectivity index (χ2v) is 3.48. The number of nitrogens with one attached hydrogen (secondary N) is 1. The van der Waals surface area contributed by atoms with Gasteiger partial charge in [-0.05, 0) is 6.07 Å². The molecule has 0 aliphatic carbocycles. The molecule has 1 N–H and O–H groups in total. The minimum absolute atomic E-state index is 0. The molecular formula is C10H15ClFN5. The molecule has 0 fully saturated rings. The minimum Gasteiger partial charge on any atom is -0.377 e. The van der Waals surface area contributed by atoms with Gasteiger partial charge in [0, 0.05) is 19.4 Å². The monoisotopic (exact) mass is 259 g/mol. The highest BCUT2D eigenvalue weighted by atomic mass is 35.5. The average molecular weight is 260 g/mol. The lowest BCUT2D eigenvalue weighted by Gasteiger charge is -2.03. The maximum atomic E-state index is 12.1. The number of nitrogens with zero attached hydrogens (tertiary/aromatic N) is 4. The Morgan fingerprint density at radius 2 is 2.24 bits per heavy atom. The standard InChI is InChI=1S/C10H14FN5.ClH/c1-15-10(2-4-13-15)7-12-9-6-14-16(8-9)5-3-11;/h2,4,6,8,12H,3,5,7H2,1H3;1H. The highest BCUT2D eigenvalue weighted by Gasteiger charge is 2.00. The van der Waals surface area contributed by atoms with Crippen molar-refractivity contribution in [2.75, 3.05) is 12.0 Å². The Morgan fingerprint density at radius 1 is 1.41 bits per heavy atom. The molecule has 0 bridgehead atoms. The fraction of sp³-hybridized carbons (Fsp3) is 0.400. The summed E-state index contributed by atoms with van der Waals surface area (Å²) in [6.45, 7) is 0.577. The first kappa shape index (κ1) is 13.5. The van der Waals surface area contributed by atoms with Crippen molar-refractivity contribution in [3.05, 3.63) is 30.4 Å². The van der Waals surface area contributed by atoms with Gasteiger partial charge < -0.3 is 5.32 Å². The predicted octanol–water partition coefficient (Wildman–Crippen LogP) is 1.62. The fourth-order valence-corrected chi connectivity index (χ4v) is 1.43. The first-order valence-electron chi connectivity index (χ1n) is 5.09. The molecule has 0 aliphatic heterocycles. The van der Waals surface area contributed by atoms with Gasteiger partial charge in [0.1, 0.15) is 6.67 Å². The van der Waals surface area contributed by atoms with E-state index in [1.54, 1.807) is 28.0 Å². The lowest BCUT2D eigenvalue weighted by Crippen LogP contribution is -2.05. The van der Waals surface area contributed by atoms with Gasteiger partial charge in [-0.1, -0.05) is 0 Å². The average Bonchev–Trinajstić information content (AvgIpc) is 2.86. The van der Waals surface area contributed by atoms with E-state index in [0.29, 0.717) is 13.1 Å². The predicted molar refractivity (Wildman–Crippen MR) is 66.0 cm³/mol. The van der Waals surface area contributed by atoms with E-state index in [1.165, 1.54) is 0 Å². The molecule has 7 heteroatoms. The van der Waals surface area contributed by atoms with Crippen molar-refractivity contribution in [1.82, 2.24) is 19.6 Å². The van der Waals surface area contributed by atoms with Crippen LogP contribution < -0.4 is 5.32 Å². The summed E-state index contributed by atoms with van der Waals surface area (Å²) in [5.41, 5.74) is 1.97. The molecule has 17 heavy (non-hydrogen) atoms. The van der Waals surface area contributed by atoms with E-state index in [0.717, 1.165) is 11.4 Å². The second-order valence-electron chi connectivity index (χ2n) is 3.48. The van der Waals surface area contributed by atoms with E-state index < -0.39 is 6.67 Å². The number of hydrogen-bond donors (Lipinski definition) is 1. The minimum atomic E-state index is -0.400. The maximum absolute atomic E-state index is 12.1. The Kier molecular flexibility index (Phi) is 4.96. The third-order valence-corrected chi connectivity index (χ3v) is 2.34. The van der Waals surface area contributed by atoms with E-state index >= 15 is 0 Å². The van der Waals surface area contributed by atoms with Crippen molar-refractivity contribution in [3.8, 4) is 0 Å². The summed E-state index contributed by atoms with van der Waals surface area (Å²) >= 11 is 0. The molecule has 0 aromatic carbocycles. The molecule has 0 saturated carbocycles. The molecule has 94 valence electrons. The molecule has 2 aromatic heterocycles. The van der Waals surface area contributed by atoms with Gasteiger partial charge >= 0.3 is 0 Å². The molecule has 0 spiro atoms. The largest absolute Gasteiger partial charge is 0.377 e. The lowest BCUT2D eigenvalue weighted by molar-refractivity contribution is 0.427. The fourth-order valence-electron chi connectivity index (χ4n) is 1.43. The number of alkyl halides is 1. The zero-order valence-corrected chi connectivity index (χ0v) is 10.3. The van der Waals surface area contributed by atoms with Crippen LogP contribution in [0.3, 0.4) is 0 Å². The molecule has 0 radical (unpaired) electrons. The molecule has 0 amide bonds. The van der Waals surface area contributed by atoms with E-state index in [1.807, 2.05) is 13.1 Å². The Balaban J connectivity index is 0.00000144. The molecule has 0 unspecified atom stereocenters. The van der Waals surface area contributed by atoms with Crippen LogP contribution in [0.25, 0.3) is 0 Å². The van der Waals surface area contributed by atoms with Gasteiger partial charge in [-0.15, -0.1) is 12.4 Å². The van der Waals surface area contributed by atoms with Gasteiger partial charge in [-0.3, -0.25) is 9.36 Å². The van der Waals surface area contributed by atoms with Crippen LogP contribution in [-0.2, 0) is 20.1 Å². The van der Waals surface area contributed by atoms with E-state index in [-0.39, 0.29) is 12.4 Å². The summed E-state index contributed by atoms with van der Waals surface area (Å²) in [4.78, 5) is 0. The Morgan fingerprint density at radius 3 is 2.88 bits per heavy atom. The van der Waals surface area contributed by atoms with Crippen LogP contribution in [0, 0.1) is 0 Å². The topological polar surface area (TPSA) is 47.7 Å². The van der Waals surface area contributed by atoms with Gasteiger partial charge in [-0.2, -0.15) is 10.2 Å². The van der Waals surface area contributed by atoms with Crippen molar-refractivity contribution in [2.24, 2.45) is 7.05 Å². The number of aromatic nitrogens is 4. The molecule has 0 saturated heterocycles. The number of rotatable bonds is 5. The molecular weight excluding hydrogens is 245 g/mol. The first-order chi connectivity index (χ1) is 7.79. The number of aryl methyl sites for hydroxylation is 2. The van der Waals surface area contributed by atoms with Crippen LogP contribution in [0.4, 0.5) is 10.1 Å². The summed E-state index contributed by atoms with van der Waals surface area (Å²) in [6.07, 6.45) is 5.23. The zero-order valence-electron chi connectivity index (χ0n) is 9.51. The summed E-state index contributed by atoms with van der Waals surface area (Å²) in [5.74, 6) is 0. The first-order valence-corrected chi connectivity index (χ1v) is 5.09. The smallest absolute Gasteiger partial charge is 0.109 e. The van der Waals surface area contributed by atoms with Gasteiger partial charge in [0.2, 0.25) is 0 Å². The quantitative estimate of drug-likeness (QED) is 0.888. The van der Waals surface area contributed by atoms with E-state index in [4.69, 9.17) is 0 Å². The number of anilines is 1. The van der Waals surface area contributed by atoms with Crippen LogP contribution in [-0.4, -0.2) is 26.2 Å². The summed E-state index contributed by atoms with van der Waals surface area (Å²) < 4.78 is 15.4. The van der Waals surface area contributed by atoms with Crippen LogP contribution >= 0.6 is 12.4 Å². The lowest BCUT2D eigenvalue weighted by atomic mass is 10.4. The Bertz CT molecular complexity index is 453. The summed E-state index contributed by atoms with van der Waals surface area (Å²) in [7, 11) is 1.89. The van der Waals surface area contributed by atoms with Gasteiger partial charge in [0.05, 0.1) is 30.7 Å². The van der Waals surface area contributed by atoms with Crippen molar-refractivity contribution < 1.29 is 4.39 Å². The van der Waals surface area contributed by atoms with Gasteiger partial charge in [0.25, 0.3) is 0 Å². The molecule has 2 aromatic rings. The second kappa shape index (κ2) is 6.24. The van der Waals surface area contributed by atoms with Gasteiger partial charge in [0.15, 0.2) is 0 Å². The van der Waals surface area contributed by atoms with Crippen molar-refractivity contribution in [3.63, 3.8) is 0 Å². The highest BCUT2D eigenvalue weighted by Crippen LogP contribution is 2.07. The van der Waals surface area contributed by atoms with Gasteiger partial charge in [-0.25, -0.2) is 4.39 Å². The van der Waals surface area contributed by atoms with E-state index in [2.05, 4.69) is 15.5 Å². The normalized spacial score (nSPS) is 10.0. The number of hydrogen-bond acceptors (Lipinski definition) is 3. The molecule has 0 aliphatic rings. The molecule has 2 rings (SSSR count). The third kappa shape index (κ3) is 3.45. The Hall–Kier alpha value is -1.56. The van der Waals surface area contributed by atoms with Crippen molar-refractivity contribution in [1.29, 1.82) is 0 Å². The van der Waals surface area contributed by atoms with E-state index in [9.17, 15) is 4.39 Å². The maximum Gasteiger partial charge on any atom is 0.109 e. The summed E-state index contributed by atoms with van der Waals surface area (Å²) in [6, 6.07) is 1.94. The third-order valence-electron chi connectivity index (χ3n) is 2.34. The SMILES string of the molecule is Cl.Cn1nccc1CNc1cnn(CCF)c1. The van der Waals surface area contributed by atoms with Crippen molar-refractivity contribution >= 4 is 18.1 Å². The van der Waals surface area contributed by atoms with Crippen LogP contribution in [0.2, 0.25) is 0 Å². The van der Waals surface area contributed by atoms with Crippen LogP contribution in [0.5, 0.6) is 0 Å². The molecule has 5 nitrogen and oxygen atoms in total. The summed E-state index contributed by atoms with van der Waals surface area (Å²) in [5, 5.41) is 11.3. The zero-order chi connectivity index (χ0) is 11.4. The van der Waals surface area contributed by atoms with Crippen molar-refractivity contribution in [2.45, 2.75) is 13.1 Å². The highest BCUT2D eigenvalue weighted by molar-refractivity contribution is 5.85. The Labute approximate surface area is 105 Å². The number of halogens is 2. The van der Waals surface area contributed by atoms with Crippen LogP contribution in [0.15, 0.2) is 24.7 Å². The molecule has 2 heterocycles. The van der Waals surface area contributed by atoms with Crippen LogP contribution in [0.1, 0.15) is 5.69 Å². The molecule has 0 atom stereocenters.